The second-order valence-corrected chi connectivity index (χ2v) is 8.27. The summed E-state index contributed by atoms with van der Waals surface area (Å²) in [5.41, 5.74) is 2.17. The molecule has 1 atom stereocenters. The lowest BCUT2D eigenvalue weighted by atomic mass is 9.95. The zero-order valence-corrected chi connectivity index (χ0v) is 18.7. The molecule has 0 bridgehead atoms. The van der Waals surface area contributed by atoms with Gasteiger partial charge in [-0.15, -0.1) is 0 Å². The zero-order chi connectivity index (χ0) is 22.5. The number of aliphatic hydroxyl groups is 1. The average Bonchev–Trinajstić information content (AvgIpc) is 3.26. The van der Waals surface area contributed by atoms with E-state index in [0.29, 0.717) is 41.2 Å². The predicted octanol–water partition coefficient (Wildman–Crippen LogP) is 3.84. The summed E-state index contributed by atoms with van der Waals surface area (Å²) in [6.07, 6.45) is 8.54. The molecule has 9 heteroatoms. The first-order valence-corrected chi connectivity index (χ1v) is 11.3. The highest BCUT2D eigenvalue weighted by Crippen LogP contribution is 2.33. The molecule has 2 heterocycles. The minimum Gasteiger partial charge on any atom is -0.504 e. The number of methoxy groups -OCH3 is 1. The number of imidazole rings is 1. The van der Waals surface area contributed by atoms with Crippen LogP contribution in [0.25, 0.3) is 11.2 Å². The third kappa shape index (κ3) is 4.57. The van der Waals surface area contributed by atoms with Gasteiger partial charge in [-0.1, -0.05) is 38.3 Å². The van der Waals surface area contributed by atoms with Gasteiger partial charge in [-0.25, -0.2) is 4.98 Å². The van der Waals surface area contributed by atoms with E-state index in [0.717, 1.165) is 24.9 Å². The SMILES string of the molecule is CCC(CO)Nc1nc(NCc2cccc(OC)c2O)c2ncn(C3CCCCC3)c2n1. The van der Waals surface area contributed by atoms with Crippen molar-refractivity contribution >= 4 is 22.9 Å². The van der Waals surface area contributed by atoms with Gasteiger partial charge in [0.15, 0.2) is 28.5 Å². The number of nitrogens with one attached hydrogen (secondary N) is 2. The van der Waals surface area contributed by atoms with E-state index in [2.05, 4.69) is 25.2 Å². The summed E-state index contributed by atoms with van der Waals surface area (Å²) in [6.45, 7) is 2.35. The molecule has 0 radical (unpaired) electrons. The Morgan fingerprint density at radius 2 is 2.03 bits per heavy atom. The molecule has 0 amide bonds. The molecule has 4 rings (SSSR count). The van der Waals surface area contributed by atoms with E-state index < -0.39 is 0 Å². The number of anilines is 2. The van der Waals surface area contributed by atoms with Crippen LogP contribution in [0.1, 0.15) is 57.1 Å². The number of aliphatic hydroxyl groups excluding tert-OH is 1. The topological polar surface area (TPSA) is 117 Å². The van der Waals surface area contributed by atoms with Crippen molar-refractivity contribution in [2.24, 2.45) is 0 Å². The second kappa shape index (κ2) is 10.0. The Hall–Kier alpha value is -3.07. The van der Waals surface area contributed by atoms with Crippen LogP contribution in [0.3, 0.4) is 0 Å². The summed E-state index contributed by atoms with van der Waals surface area (Å²) in [4.78, 5) is 14.0. The maximum atomic E-state index is 10.4. The fourth-order valence-electron chi connectivity index (χ4n) is 4.24. The number of ether oxygens (including phenoxy) is 1. The molecule has 2 aromatic heterocycles. The fourth-order valence-corrected chi connectivity index (χ4v) is 4.24. The smallest absolute Gasteiger partial charge is 0.227 e. The third-order valence-electron chi connectivity index (χ3n) is 6.18. The molecule has 1 saturated carbocycles. The number of phenols is 1. The number of benzene rings is 1. The Kier molecular flexibility index (Phi) is 6.94. The van der Waals surface area contributed by atoms with Crippen LogP contribution < -0.4 is 15.4 Å². The lowest BCUT2D eigenvalue weighted by molar-refractivity contribution is 0.271. The predicted molar refractivity (Wildman–Crippen MR) is 124 cm³/mol. The average molecular weight is 441 g/mol. The highest BCUT2D eigenvalue weighted by Gasteiger charge is 2.21. The van der Waals surface area contributed by atoms with Crippen LogP contribution in [0.15, 0.2) is 24.5 Å². The van der Waals surface area contributed by atoms with Crippen LogP contribution in [0.5, 0.6) is 11.5 Å². The number of aromatic hydroxyl groups is 1. The molecular weight excluding hydrogens is 408 g/mol. The number of fused-ring (bicyclic) bond motifs is 1. The number of aromatic nitrogens is 4. The molecule has 9 nitrogen and oxygen atoms in total. The largest absolute Gasteiger partial charge is 0.504 e. The van der Waals surface area contributed by atoms with Crippen molar-refractivity contribution < 1.29 is 14.9 Å². The zero-order valence-electron chi connectivity index (χ0n) is 18.7. The number of para-hydroxylation sites is 1. The van der Waals surface area contributed by atoms with Crippen molar-refractivity contribution in [1.82, 2.24) is 19.5 Å². The lowest BCUT2D eigenvalue weighted by Gasteiger charge is -2.23. The molecule has 0 aliphatic heterocycles. The van der Waals surface area contributed by atoms with Crippen LogP contribution in [0.4, 0.5) is 11.8 Å². The van der Waals surface area contributed by atoms with Gasteiger partial charge in [0.05, 0.1) is 26.1 Å². The molecule has 1 unspecified atom stereocenters. The number of hydrogen-bond acceptors (Lipinski definition) is 8. The molecule has 32 heavy (non-hydrogen) atoms. The Morgan fingerprint density at radius 1 is 1.22 bits per heavy atom. The third-order valence-corrected chi connectivity index (χ3v) is 6.18. The molecule has 1 fully saturated rings. The van der Waals surface area contributed by atoms with Crippen LogP contribution >= 0.6 is 0 Å². The van der Waals surface area contributed by atoms with Crippen LogP contribution in [0, 0.1) is 0 Å². The first-order valence-electron chi connectivity index (χ1n) is 11.3. The summed E-state index contributed by atoms with van der Waals surface area (Å²) < 4.78 is 7.38. The van der Waals surface area contributed by atoms with Gasteiger partial charge >= 0.3 is 0 Å². The molecule has 1 aliphatic rings. The fraction of sp³-hybridized carbons (Fsp3) is 0.522. The normalized spacial score (nSPS) is 15.6. The monoisotopic (exact) mass is 440 g/mol. The van der Waals surface area contributed by atoms with E-state index in [4.69, 9.17) is 9.72 Å². The van der Waals surface area contributed by atoms with Crippen molar-refractivity contribution in [3.05, 3.63) is 30.1 Å². The summed E-state index contributed by atoms with van der Waals surface area (Å²) in [6, 6.07) is 5.64. The van der Waals surface area contributed by atoms with E-state index in [1.807, 2.05) is 25.4 Å². The van der Waals surface area contributed by atoms with Gasteiger partial charge in [0.2, 0.25) is 5.95 Å². The lowest BCUT2D eigenvalue weighted by Crippen LogP contribution is -2.24. The van der Waals surface area contributed by atoms with E-state index in [1.165, 1.54) is 26.4 Å². The molecule has 3 aromatic rings. The molecular formula is C23H32N6O3. The molecule has 1 aromatic carbocycles. The van der Waals surface area contributed by atoms with Gasteiger partial charge in [-0.05, 0) is 25.3 Å². The number of rotatable bonds is 9. The van der Waals surface area contributed by atoms with Crippen LogP contribution in [-0.2, 0) is 6.54 Å². The standard InChI is InChI=1S/C23H32N6O3/c1-3-16(13-30)26-23-27-21(24-12-15-8-7-11-18(32-2)20(15)31)19-22(28-23)29(14-25-19)17-9-5-4-6-10-17/h7-8,11,14,16-17,30-31H,3-6,9-10,12-13H2,1-2H3,(H2,24,26,27,28). The molecule has 4 N–H and O–H groups in total. The maximum absolute atomic E-state index is 10.4. The number of nitrogens with zero attached hydrogens (tertiary/aromatic N) is 4. The van der Waals surface area contributed by atoms with Crippen LogP contribution in [0.2, 0.25) is 0 Å². The second-order valence-electron chi connectivity index (χ2n) is 8.27. The van der Waals surface area contributed by atoms with E-state index in [9.17, 15) is 10.2 Å². The van der Waals surface area contributed by atoms with Crippen molar-refractivity contribution in [1.29, 1.82) is 0 Å². The summed E-state index contributed by atoms with van der Waals surface area (Å²) in [7, 11) is 1.53. The first kappa shape index (κ1) is 22.1. The van der Waals surface area contributed by atoms with Crippen molar-refractivity contribution in [3.8, 4) is 11.5 Å². The first-order chi connectivity index (χ1) is 15.6. The Morgan fingerprint density at radius 3 is 2.75 bits per heavy atom. The van der Waals surface area contributed by atoms with Gasteiger partial charge in [-0.3, -0.25) is 0 Å². The summed E-state index contributed by atoms with van der Waals surface area (Å²) in [5, 5.41) is 26.6. The Bertz CT molecular complexity index is 1040. The van der Waals surface area contributed by atoms with Crippen molar-refractivity contribution in [2.75, 3.05) is 24.4 Å². The summed E-state index contributed by atoms with van der Waals surface area (Å²) in [5.74, 6) is 1.57. The molecule has 0 spiro atoms. The highest BCUT2D eigenvalue weighted by atomic mass is 16.5. The minimum absolute atomic E-state index is 0.000226. The van der Waals surface area contributed by atoms with Gasteiger partial charge < -0.3 is 30.2 Å². The Balaban J connectivity index is 1.68. The van der Waals surface area contributed by atoms with Crippen LogP contribution in [-0.4, -0.2) is 49.5 Å². The molecule has 0 saturated heterocycles. The van der Waals surface area contributed by atoms with Gasteiger partial charge in [0.25, 0.3) is 0 Å². The van der Waals surface area contributed by atoms with Gasteiger partial charge in [0, 0.05) is 18.2 Å². The maximum Gasteiger partial charge on any atom is 0.227 e. The highest BCUT2D eigenvalue weighted by molar-refractivity contribution is 5.84. The molecule has 1 aliphatic carbocycles. The van der Waals surface area contributed by atoms with E-state index in [-0.39, 0.29) is 18.4 Å². The van der Waals surface area contributed by atoms with Gasteiger partial charge in [0.1, 0.15) is 0 Å². The number of hydrogen-bond donors (Lipinski definition) is 4. The van der Waals surface area contributed by atoms with Crippen molar-refractivity contribution in [3.63, 3.8) is 0 Å². The number of phenolic OH excluding ortho intramolecular Hbond substituents is 1. The van der Waals surface area contributed by atoms with Crippen molar-refractivity contribution in [2.45, 2.75) is 64.1 Å². The molecule has 172 valence electrons. The van der Waals surface area contributed by atoms with E-state index in [1.54, 1.807) is 6.07 Å². The Labute approximate surface area is 187 Å². The quantitative estimate of drug-likeness (QED) is 0.396. The minimum atomic E-state index is -0.131. The van der Waals surface area contributed by atoms with E-state index >= 15 is 0 Å². The van der Waals surface area contributed by atoms with Gasteiger partial charge in [-0.2, -0.15) is 9.97 Å². The summed E-state index contributed by atoms with van der Waals surface area (Å²) >= 11 is 0.